The fourth-order valence-electron chi connectivity index (χ4n) is 2.54. The maximum Gasteiger partial charge on any atom is 0.342 e. The minimum atomic E-state index is -0.423. The van der Waals surface area contributed by atoms with E-state index >= 15 is 0 Å². The molecule has 0 saturated heterocycles. The van der Waals surface area contributed by atoms with Crippen LogP contribution in [0.1, 0.15) is 82.0 Å². The molecule has 0 heterocycles. The van der Waals surface area contributed by atoms with Crippen molar-refractivity contribution < 1.29 is 14.6 Å². The van der Waals surface area contributed by atoms with Crippen LogP contribution in [0, 0.1) is 0 Å². The standard InChI is InChI=1S/C19H30O3/c1-3-5-6-7-8-9-10-13-16(4-2)22-19(21)17-14-11-12-15-18(17)20/h11-12,14-16,20H,3-10,13H2,1-2H3. The molecule has 0 aliphatic rings. The number of ether oxygens (including phenoxy) is 1. The zero-order chi connectivity index (χ0) is 16.2. The highest BCUT2D eigenvalue weighted by molar-refractivity contribution is 5.92. The van der Waals surface area contributed by atoms with Gasteiger partial charge in [-0.15, -0.1) is 0 Å². The third-order valence-electron chi connectivity index (χ3n) is 3.98. The SMILES string of the molecule is CCCCCCCCCC(CC)OC(=O)c1ccccc1O. The van der Waals surface area contributed by atoms with Crippen molar-refractivity contribution in [3.63, 3.8) is 0 Å². The van der Waals surface area contributed by atoms with Gasteiger partial charge in [0.1, 0.15) is 17.4 Å². The maximum absolute atomic E-state index is 12.1. The zero-order valence-corrected chi connectivity index (χ0v) is 14.0. The normalized spacial score (nSPS) is 12.1. The van der Waals surface area contributed by atoms with Gasteiger partial charge in [-0.05, 0) is 31.4 Å². The lowest BCUT2D eigenvalue weighted by Gasteiger charge is -2.16. The van der Waals surface area contributed by atoms with Gasteiger partial charge < -0.3 is 9.84 Å². The molecule has 0 radical (unpaired) electrons. The highest BCUT2D eigenvalue weighted by Gasteiger charge is 2.16. The molecule has 124 valence electrons. The highest BCUT2D eigenvalue weighted by atomic mass is 16.5. The first-order valence-corrected chi connectivity index (χ1v) is 8.68. The predicted octanol–water partition coefficient (Wildman–Crippen LogP) is 5.47. The number of carbonyl (C=O) groups excluding carboxylic acids is 1. The molecular formula is C19H30O3. The van der Waals surface area contributed by atoms with Crippen molar-refractivity contribution in [3.05, 3.63) is 29.8 Å². The molecule has 0 aromatic heterocycles. The first-order chi connectivity index (χ1) is 10.7. The van der Waals surface area contributed by atoms with Gasteiger partial charge in [-0.2, -0.15) is 0 Å². The van der Waals surface area contributed by atoms with Gasteiger partial charge in [0.2, 0.25) is 0 Å². The highest BCUT2D eigenvalue weighted by Crippen LogP contribution is 2.19. The van der Waals surface area contributed by atoms with E-state index in [1.807, 2.05) is 6.92 Å². The Kier molecular flexibility index (Phi) is 9.36. The number of phenols is 1. The number of esters is 1. The smallest absolute Gasteiger partial charge is 0.342 e. The summed E-state index contributed by atoms with van der Waals surface area (Å²) in [5.74, 6) is -0.439. The number of phenolic OH excluding ortho intramolecular Hbond substituents is 1. The lowest BCUT2D eigenvalue weighted by atomic mass is 10.1. The number of benzene rings is 1. The molecular weight excluding hydrogens is 276 g/mol. The molecule has 1 unspecified atom stereocenters. The van der Waals surface area contributed by atoms with Crippen LogP contribution in [0.15, 0.2) is 24.3 Å². The second-order valence-corrected chi connectivity index (χ2v) is 5.86. The number of carbonyl (C=O) groups is 1. The van der Waals surface area contributed by atoms with Crippen LogP contribution in [-0.2, 0) is 4.74 Å². The number of unbranched alkanes of at least 4 members (excludes halogenated alkanes) is 6. The van der Waals surface area contributed by atoms with Crippen molar-refractivity contribution in [2.75, 3.05) is 0 Å². The van der Waals surface area contributed by atoms with Crippen molar-refractivity contribution in [1.29, 1.82) is 0 Å². The van der Waals surface area contributed by atoms with E-state index in [1.165, 1.54) is 44.6 Å². The number of para-hydroxylation sites is 1. The summed E-state index contributed by atoms with van der Waals surface area (Å²) >= 11 is 0. The van der Waals surface area contributed by atoms with Gasteiger partial charge in [-0.3, -0.25) is 0 Å². The Labute approximate surface area is 134 Å². The molecule has 0 aliphatic carbocycles. The second-order valence-electron chi connectivity index (χ2n) is 5.86. The fraction of sp³-hybridized carbons (Fsp3) is 0.632. The van der Waals surface area contributed by atoms with Crippen molar-refractivity contribution in [3.8, 4) is 5.75 Å². The van der Waals surface area contributed by atoms with E-state index in [1.54, 1.807) is 18.2 Å². The third-order valence-corrected chi connectivity index (χ3v) is 3.98. The molecule has 0 saturated carbocycles. The number of hydrogen-bond acceptors (Lipinski definition) is 3. The van der Waals surface area contributed by atoms with Crippen molar-refractivity contribution in [2.45, 2.75) is 77.7 Å². The zero-order valence-electron chi connectivity index (χ0n) is 14.0. The first-order valence-electron chi connectivity index (χ1n) is 8.68. The van der Waals surface area contributed by atoms with Crippen LogP contribution in [0.5, 0.6) is 5.75 Å². The molecule has 3 nitrogen and oxygen atoms in total. The molecule has 1 atom stereocenters. The van der Waals surface area contributed by atoms with Crippen LogP contribution in [0.2, 0.25) is 0 Å². The summed E-state index contributed by atoms with van der Waals surface area (Å²) in [5.41, 5.74) is 0.250. The Balaban J connectivity index is 2.27. The molecule has 1 aromatic rings. The lowest BCUT2D eigenvalue weighted by Crippen LogP contribution is -2.17. The predicted molar refractivity (Wildman–Crippen MR) is 90.2 cm³/mol. The summed E-state index contributed by atoms with van der Waals surface area (Å²) in [6.07, 6.45) is 10.5. The number of rotatable bonds is 11. The van der Waals surface area contributed by atoms with E-state index in [-0.39, 0.29) is 17.4 Å². The van der Waals surface area contributed by atoms with Crippen LogP contribution < -0.4 is 0 Å². The van der Waals surface area contributed by atoms with Crippen LogP contribution in [0.3, 0.4) is 0 Å². The largest absolute Gasteiger partial charge is 0.507 e. The Morgan fingerprint density at radius 1 is 1.05 bits per heavy atom. The van der Waals surface area contributed by atoms with Gasteiger partial charge in [0, 0.05) is 0 Å². The summed E-state index contributed by atoms with van der Waals surface area (Å²) in [7, 11) is 0. The summed E-state index contributed by atoms with van der Waals surface area (Å²) in [4.78, 5) is 12.1. The summed E-state index contributed by atoms with van der Waals surface area (Å²) in [6.45, 7) is 4.26. The molecule has 0 aliphatic heterocycles. The molecule has 1 N–H and O–H groups in total. The second kappa shape index (κ2) is 11.1. The van der Waals surface area contributed by atoms with Gasteiger partial charge in [0.05, 0.1) is 0 Å². The summed E-state index contributed by atoms with van der Waals surface area (Å²) in [6, 6.07) is 6.53. The van der Waals surface area contributed by atoms with E-state index in [0.717, 1.165) is 19.3 Å². The maximum atomic E-state index is 12.1. The topological polar surface area (TPSA) is 46.5 Å². The number of hydrogen-bond donors (Lipinski definition) is 1. The molecule has 0 bridgehead atoms. The van der Waals surface area contributed by atoms with E-state index in [9.17, 15) is 9.90 Å². The van der Waals surface area contributed by atoms with Crippen molar-refractivity contribution >= 4 is 5.97 Å². The quantitative estimate of drug-likeness (QED) is 0.435. The van der Waals surface area contributed by atoms with E-state index < -0.39 is 5.97 Å². The molecule has 3 heteroatoms. The van der Waals surface area contributed by atoms with Gasteiger partial charge in [-0.25, -0.2) is 4.79 Å². The fourth-order valence-corrected chi connectivity index (χ4v) is 2.54. The molecule has 22 heavy (non-hydrogen) atoms. The van der Waals surface area contributed by atoms with Gasteiger partial charge in [0.15, 0.2) is 0 Å². The first kappa shape index (κ1) is 18.5. The average molecular weight is 306 g/mol. The van der Waals surface area contributed by atoms with E-state index in [0.29, 0.717) is 0 Å². The van der Waals surface area contributed by atoms with E-state index in [2.05, 4.69) is 6.92 Å². The number of aromatic hydroxyl groups is 1. The third kappa shape index (κ3) is 6.97. The molecule has 0 spiro atoms. The Bertz CT molecular complexity index is 428. The Morgan fingerprint density at radius 2 is 1.68 bits per heavy atom. The molecule has 0 amide bonds. The monoisotopic (exact) mass is 306 g/mol. The lowest BCUT2D eigenvalue weighted by molar-refractivity contribution is 0.0264. The Morgan fingerprint density at radius 3 is 2.32 bits per heavy atom. The summed E-state index contributed by atoms with van der Waals surface area (Å²) < 4.78 is 5.51. The Hall–Kier alpha value is -1.51. The van der Waals surface area contributed by atoms with Crippen molar-refractivity contribution in [2.24, 2.45) is 0 Å². The van der Waals surface area contributed by atoms with Crippen LogP contribution >= 0.6 is 0 Å². The molecule has 1 rings (SSSR count). The van der Waals surface area contributed by atoms with Crippen LogP contribution in [0.25, 0.3) is 0 Å². The van der Waals surface area contributed by atoms with E-state index in [4.69, 9.17) is 4.74 Å². The minimum absolute atomic E-state index is 0.0155. The van der Waals surface area contributed by atoms with Gasteiger partial charge >= 0.3 is 5.97 Å². The average Bonchev–Trinajstić information content (AvgIpc) is 2.53. The van der Waals surface area contributed by atoms with Gasteiger partial charge in [0.25, 0.3) is 0 Å². The van der Waals surface area contributed by atoms with Crippen LogP contribution in [0.4, 0.5) is 0 Å². The molecule has 1 aromatic carbocycles. The van der Waals surface area contributed by atoms with Crippen LogP contribution in [-0.4, -0.2) is 17.2 Å². The molecule has 0 fully saturated rings. The van der Waals surface area contributed by atoms with Gasteiger partial charge in [-0.1, -0.05) is 64.5 Å². The summed E-state index contributed by atoms with van der Waals surface area (Å²) in [5, 5.41) is 9.68. The van der Waals surface area contributed by atoms with Crippen molar-refractivity contribution in [1.82, 2.24) is 0 Å². The minimum Gasteiger partial charge on any atom is -0.507 e.